The zero-order valence-electron chi connectivity index (χ0n) is 18.2. The number of carbonyl (C=O) groups is 2. The van der Waals surface area contributed by atoms with Gasteiger partial charge in [0.2, 0.25) is 11.8 Å². The first-order valence-corrected chi connectivity index (χ1v) is 10.1. The van der Waals surface area contributed by atoms with Gasteiger partial charge in [-0.15, -0.1) is 0 Å². The van der Waals surface area contributed by atoms with E-state index < -0.39 is 5.56 Å². The number of nitrogens with one attached hydrogen (secondary N) is 2. The van der Waals surface area contributed by atoms with Gasteiger partial charge in [0.1, 0.15) is 12.2 Å². The first-order valence-electron chi connectivity index (χ1n) is 10.1. The summed E-state index contributed by atoms with van der Waals surface area (Å²) in [6.07, 6.45) is 0.231. The molecule has 1 aromatic heterocycles. The van der Waals surface area contributed by atoms with E-state index in [1.54, 1.807) is 13.0 Å². The minimum atomic E-state index is -0.533. The highest BCUT2D eigenvalue weighted by molar-refractivity contribution is 5.93. The van der Waals surface area contributed by atoms with Gasteiger partial charge in [-0.1, -0.05) is 55.0 Å². The molecule has 3 rings (SSSR count). The van der Waals surface area contributed by atoms with Crippen LogP contribution in [0.25, 0.3) is 11.3 Å². The molecule has 2 N–H and O–H groups in total. The van der Waals surface area contributed by atoms with Crippen LogP contribution in [-0.4, -0.2) is 21.6 Å². The van der Waals surface area contributed by atoms with Crippen molar-refractivity contribution in [1.29, 1.82) is 0 Å². The topological polar surface area (TPSA) is 93.1 Å². The molecule has 2 aromatic carbocycles. The molecule has 0 aliphatic rings. The summed E-state index contributed by atoms with van der Waals surface area (Å²) in [6, 6.07) is 14.9. The molecule has 0 unspecified atom stereocenters. The van der Waals surface area contributed by atoms with Crippen LogP contribution in [0.4, 0.5) is 11.4 Å². The average molecular weight is 418 g/mol. The van der Waals surface area contributed by atoms with Crippen molar-refractivity contribution in [1.82, 2.24) is 9.78 Å². The fourth-order valence-electron chi connectivity index (χ4n) is 3.17. The molecule has 0 saturated heterocycles. The molecule has 7 nitrogen and oxygen atoms in total. The van der Waals surface area contributed by atoms with E-state index in [-0.39, 0.29) is 30.5 Å². The standard InChI is InChI=1S/C24H26N4O3/c1-5-21(29)25-20-13-19(18-11-9-15(2)10-12-18)27-28(24(20)31)14-22(30)26-23-16(3)7-6-8-17(23)4/h6-13H,5,14H2,1-4H3,(H,25,29)(H,26,30). The first-order chi connectivity index (χ1) is 14.8. The van der Waals surface area contributed by atoms with Crippen LogP contribution in [0.1, 0.15) is 30.0 Å². The largest absolute Gasteiger partial charge is 0.324 e. The summed E-state index contributed by atoms with van der Waals surface area (Å²) in [5.74, 6) is -0.662. The number of benzene rings is 2. The maximum atomic E-state index is 12.9. The molecule has 31 heavy (non-hydrogen) atoms. The molecule has 3 aromatic rings. The molecule has 160 valence electrons. The van der Waals surface area contributed by atoms with Crippen molar-refractivity contribution in [3.05, 3.63) is 75.6 Å². The number of aromatic nitrogens is 2. The van der Waals surface area contributed by atoms with Gasteiger partial charge in [-0.3, -0.25) is 14.4 Å². The van der Waals surface area contributed by atoms with Gasteiger partial charge in [0.25, 0.3) is 5.56 Å². The lowest BCUT2D eigenvalue weighted by molar-refractivity contribution is -0.117. The first kappa shape index (κ1) is 22.0. The van der Waals surface area contributed by atoms with Crippen molar-refractivity contribution in [3.63, 3.8) is 0 Å². The Labute approximate surface area is 181 Å². The number of para-hydroxylation sites is 1. The molecule has 0 fully saturated rings. The van der Waals surface area contributed by atoms with Gasteiger partial charge in [0, 0.05) is 17.7 Å². The van der Waals surface area contributed by atoms with Crippen LogP contribution in [0.3, 0.4) is 0 Å². The van der Waals surface area contributed by atoms with E-state index in [1.807, 2.05) is 63.2 Å². The third-order valence-corrected chi connectivity index (χ3v) is 4.96. The smallest absolute Gasteiger partial charge is 0.291 e. The Morgan fingerprint density at radius 1 is 0.935 bits per heavy atom. The lowest BCUT2D eigenvalue weighted by Gasteiger charge is -2.14. The molecule has 0 bridgehead atoms. The van der Waals surface area contributed by atoms with Gasteiger partial charge in [0.05, 0.1) is 5.69 Å². The van der Waals surface area contributed by atoms with E-state index in [1.165, 1.54) is 0 Å². The number of amides is 2. The van der Waals surface area contributed by atoms with Crippen LogP contribution in [0.15, 0.2) is 53.3 Å². The Hall–Kier alpha value is -3.74. The van der Waals surface area contributed by atoms with Crippen molar-refractivity contribution in [3.8, 4) is 11.3 Å². The SMILES string of the molecule is CCC(=O)Nc1cc(-c2ccc(C)cc2)nn(CC(=O)Nc2c(C)cccc2C)c1=O. The predicted molar refractivity (Wildman–Crippen MR) is 122 cm³/mol. The molecule has 0 atom stereocenters. The molecular formula is C24H26N4O3. The average Bonchev–Trinajstić information content (AvgIpc) is 2.74. The fraction of sp³-hybridized carbons (Fsp3) is 0.250. The Bertz CT molecular complexity index is 1160. The normalized spacial score (nSPS) is 10.6. The third kappa shape index (κ3) is 5.25. The summed E-state index contributed by atoms with van der Waals surface area (Å²) in [7, 11) is 0. The highest BCUT2D eigenvalue weighted by Crippen LogP contribution is 2.21. The molecule has 0 aliphatic heterocycles. The Kier molecular flexibility index (Phi) is 6.65. The van der Waals surface area contributed by atoms with Gasteiger partial charge in [-0.05, 0) is 38.0 Å². The number of hydrogen-bond donors (Lipinski definition) is 2. The lowest BCUT2D eigenvalue weighted by atomic mass is 10.1. The number of aryl methyl sites for hydroxylation is 3. The Morgan fingerprint density at radius 3 is 2.19 bits per heavy atom. The lowest BCUT2D eigenvalue weighted by Crippen LogP contribution is -2.32. The summed E-state index contributed by atoms with van der Waals surface area (Å²) in [4.78, 5) is 37.5. The van der Waals surface area contributed by atoms with Crippen molar-refractivity contribution < 1.29 is 9.59 Å². The Morgan fingerprint density at radius 2 is 1.58 bits per heavy atom. The zero-order chi connectivity index (χ0) is 22.5. The van der Waals surface area contributed by atoms with Crippen molar-refractivity contribution in [2.24, 2.45) is 0 Å². The van der Waals surface area contributed by atoms with Gasteiger partial charge >= 0.3 is 0 Å². The molecule has 1 heterocycles. The maximum Gasteiger partial charge on any atom is 0.291 e. The van der Waals surface area contributed by atoms with Crippen LogP contribution < -0.4 is 16.2 Å². The summed E-state index contributed by atoms with van der Waals surface area (Å²) >= 11 is 0. The van der Waals surface area contributed by atoms with Crippen LogP contribution in [0.5, 0.6) is 0 Å². The molecular weight excluding hydrogens is 392 g/mol. The fourth-order valence-corrected chi connectivity index (χ4v) is 3.17. The van der Waals surface area contributed by atoms with Gasteiger partial charge < -0.3 is 10.6 Å². The quantitative estimate of drug-likeness (QED) is 0.636. The minimum Gasteiger partial charge on any atom is -0.324 e. The zero-order valence-corrected chi connectivity index (χ0v) is 18.2. The van der Waals surface area contributed by atoms with Crippen LogP contribution >= 0.6 is 0 Å². The van der Waals surface area contributed by atoms with E-state index >= 15 is 0 Å². The molecule has 0 aliphatic carbocycles. The highest BCUT2D eigenvalue weighted by Gasteiger charge is 2.15. The number of rotatable bonds is 6. The summed E-state index contributed by atoms with van der Waals surface area (Å²) in [6.45, 7) is 7.21. The molecule has 0 radical (unpaired) electrons. The summed E-state index contributed by atoms with van der Waals surface area (Å²) in [5.41, 5.74) is 4.49. The van der Waals surface area contributed by atoms with E-state index in [0.717, 1.165) is 32.6 Å². The minimum absolute atomic E-state index is 0.0947. The van der Waals surface area contributed by atoms with Crippen LogP contribution in [0.2, 0.25) is 0 Å². The van der Waals surface area contributed by atoms with Gasteiger partial charge in [-0.25, -0.2) is 4.68 Å². The second kappa shape index (κ2) is 9.38. The van der Waals surface area contributed by atoms with Crippen LogP contribution in [-0.2, 0) is 16.1 Å². The Balaban J connectivity index is 1.97. The third-order valence-electron chi connectivity index (χ3n) is 4.96. The van der Waals surface area contributed by atoms with Crippen molar-refractivity contribution in [2.75, 3.05) is 10.6 Å². The van der Waals surface area contributed by atoms with E-state index in [9.17, 15) is 14.4 Å². The van der Waals surface area contributed by atoms with E-state index in [2.05, 4.69) is 15.7 Å². The van der Waals surface area contributed by atoms with E-state index in [0.29, 0.717) is 5.69 Å². The molecule has 0 spiro atoms. The number of carbonyl (C=O) groups excluding carboxylic acids is 2. The molecule has 7 heteroatoms. The summed E-state index contributed by atoms with van der Waals surface area (Å²) in [5, 5.41) is 9.87. The van der Waals surface area contributed by atoms with Crippen LogP contribution in [0, 0.1) is 20.8 Å². The summed E-state index contributed by atoms with van der Waals surface area (Å²) < 4.78 is 1.09. The maximum absolute atomic E-state index is 12.9. The second-order valence-corrected chi connectivity index (χ2v) is 7.49. The predicted octanol–water partition coefficient (Wildman–Crippen LogP) is 3.82. The number of anilines is 2. The molecule has 0 saturated carbocycles. The molecule has 2 amide bonds. The van der Waals surface area contributed by atoms with Crippen molar-refractivity contribution >= 4 is 23.2 Å². The monoisotopic (exact) mass is 418 g/mol. The van der Waals surface area contributed by atoms with Gasteiger partial charge in [0.15, 0.2) is 0 Å². The highest BCUT2D eigenvalue weighted by atomic mass is 16.2. The second-order valence-electron chi connectivity index (χ2n) is 7.49. The van der Waals surface area contributed by atoms with E-state index in [4.69, 9.17) is 0 Å². The number of hydrogen-bond acceptors (Lipinski definition) is 4. The van der Waals surface area contributed by atoms with Crippen molar-refractivity contribution in [2.45, 2.75) is 40.7 Å². The van der Waals surface area contributed by atoms with Gasteiger partial charge in [-0.2, -0.15) is 5.10 Å². The number of nitrogens with zero attached hydrogens (tertiary/aromatic N) is 2.